The average Bonchev–Trinajstić information content (AvgIpc) is 2.85. The summed E-state index contributed by atoms with van der Waals surface area (Å²) in [6.45, 7) is 5.50. The van der Waals surface area contributed by atoms with Gasteiger partial charge in [0.2, 0.25) is 10.0 Å². The lowest BCUT2D eigenvalue weighted by Gasteiger charge is -2.35. The minimum absolute atomic E-state index is 0.0793. The fraction of sp³-hybridized carbons (Fsp3) is 0.654. The predicted octanol–water partition coefficient (Wildman–Crippen LogP) is 3.83. The van der Waals surface area contributed by atoms with E-state index in [4.69, 9.17) is 15.3 Å². The summed E-state index contributed by atoms with van der Waals surface area (Å²) >= 11 is 0. The molecule has 10 nitrogen and oxygen atoms in total. The molecule has 1 aromatic rings. The third kappa shape index (κ3) is 8.70. The van der Waals surface area contributed by atoms with E-state index in [1.54, 1.807) is 51.1 Å². The number of sulfonamides is 1. The zero-order valence-electron chi connectivity index (χ0n) is 22.0. The van der Waals surface area contributed by atoms with Gasteiger partial charge in [0.1, 0.15) is 5.60 Å². The molecule has 1 saturated carbocycles. The first-order valence-corrected chi connectivity index (χ1v) is 14.7. The summed E-state index contributed by atoms with van der Waals surface area (Å²) in [5, 5.41) is 6.35. The number of ether oxygens (including phenoxy) is 1. The molecule has 1 aliphatic carbocycles. The molecule has 0 radical (unpaired) electrons. The summed E-state index contributed by atoms with van der Waals surface area (Å²) in [7, 11) is -3.55. The summed E-state index contributed by atoms with van der Waals surface area (Å²) in [4.78, 5) is 30.5. The summed E-state index contributed by atoms with van der Waals surface area (Å²) in [5.74, 6) is -0.688. The molecule has 206 valence electrons. The van der Waals surface area contributed by atoms with E-state index in [0.29, 0.717) is 18.5 Å². The van der Waals surface area contributed by atoms with Crippen molar-refractivity contribution in [2.45, 2.75) is 89.8 Å². The Bertz CT molecular complexity index is 1050. The maximum Gasteiger partial charge on any atom is 0.408 e. The second-order valence-corrected chi connectivity index (χ2v) is 12.8. The van der Waals surface area contributed by atoms with E-state index in [1.165, 1.54) is 4.31 Å². The van der Waals surface area contributed by atoms with E-state index in [-0.39, 0.29) is 17.5 Å². The van der Waals surface area contributed by atoms with Crippen LogP contribution >= 0.6 is 0 Å². The molecule has 1 amide bonds. The maximum atomic E-state index is 13.3. The zero-order valence-corrected chi connectivity index (χ0v) is 22.8. The minimum atomic E-state index is -3.55. The molecule has 3 N–H and O–H groups in total. The van der Waals surface area contributed by atoms with Crippen LogP contribution in [-0.4, -0.2) is 54.6 Å². The van der Waals surface area contributed by atoms with E-state index in [1.807, 2.05) is 0 Å². The standard InChI is InChI=1S/C26H40N4O6S/c1-26(2,3)35-25(32)28-22(20-14-8-5-9-15-20)24(31)36-29-23(27)21-16-10-11-17-30(21)37(33,34)18-19-12-6-4-7-13-19/h5,8-9,14-15,19,21-22H,4,6-7,10-13,16-18H2,1-3H3,(H2,27,29)(H,28,32)/t21-,22?/m0/s1. The Morgan fingerprint density at radius 1 is 1.08 bits per heavy atom. The normalized spacial score (nSPS) is 21.2. The second kappa shape index (κ2) is 12.7. The quantitative estimate of drug-likeness (QED) is 0.223. The molecule has 37 heavy (non-hydrogen) atoms. The summed E-state index contributed by atoms with van der Waals surface area (Å²) in [5.41, 5.74) is 5.91. The number of amides is 1. The molecule has 2 fully saturated rings. The van der Waals surface area contributed by atoms with E-state index in [0.717, 1.165) is 44.9 Å². The van der Waals surface area contributed by atoms with Gasteiger partial charge in [-0.3, -0.25) is 0 Å². The van der Waals surface area contributed by atoms with Crippen molar-refractivity contribution < 1.29 is 27.6 Å². The smallest absolute Gasteiger partial charge is 0.408 e. The summed E-state index contributed by atoms with van der Waals surface area (Å²) in [6, 6.07) is 6.69. The second-order valence-electron chi connectivity index (χ2n) is 10.8. The maximum absolute atomic E-state index is 13.3. The number of nitrogens with two attached hydrogens (primary N) is 1. The van der Waals surface area contributed by atoms with Gasteiger partial charge in [0.25, 0.3) is 0 Å². The molecule has 1 unspecified atom stereocenters. The highest BCUT2D eigenvalue weighted by Crippen LogP contribution is 2.28. The first-order chi connectivity index (χ1) is 17.5. The molecule has 1 aliphatic heterocycles. The minimum Gasteiger partial charge on any atom is -0.444 e. The monoisotopic (exact) mass is 536 g/mol. The Labute approximate surface area is 220 Å². The molecular weight excluding hydrogens is 496 g/mol. The van der Waals surface area contributed by atoms with Gasteiger partial charge in [0.05, 0.1) is 11.8 Å². The van der Waals surface area contributed by atoms with Crippen LogP contribution in [0.1, 0.15) is 83.7 Å². The highest BCUT2D eigenvalue weighted by atomic mass is 32.2. The average molecular weight is 537 g/mol. The Morgan fingerprint density at radius 2 is 1.73 bits per heavy atom. The Morgan fingerprint density at radius 3 is 2.38 bits per heavy atom. The van der Waals surface area contributed by atoms with Crippen LogP contribution in [0.3, 0.4) is 0 Å². The number of rotatable bonds is 8. The highest BCUT2D eigenvalue weighted by molar-refractivity contribution is 7.89. The lowest BCUT2D eigenvalue weighted by atomic mass is 9.91. The number of oxime groups is 1. The van der Waals surface area contributed by atoms with Crippen LogP contribution in [0.2, 0.25) is 0 Å². The van der Waals surface area contributed by atoms with Gasteiger partial charge in [-0.25, -0.2) is 18.0 Å². The number of nitrogens with one attached hydrogen (secondary N) is 1. The van der Waals surface area contributed by atoms with Crippen LogP contribution in [0.4, 0.5) is 4.79 Å². The molecule has 3 rings (SSSR count). The number of hydrogen-bond acceptors (Lipinski definition) is 7. The number of alkyl carbamates (subject to hydrolysis) is 1. The first kappa shape index (κ1) is 28.9. The number of benzene rings is 1. The van der Waals surface area contributed by atoms with Crippen LogP contribution in [0, 0.1) is 5.92 Å². The van der Waals surface area contributed by atoms with E-state index in [9.17, 15) is 18.0 Å². The largest absolute Gasteiger partial charge is 0.444 e. The van der Waals surface area contributed by atoms with E-state index in [2.05, 4.69) is 10.5 Å². The van der Waals surface area contributed by atoms with E-state index < -0.39 is 39.8 Å². The van der Waals surface area contributed by atoms with Crippen molar-refractivity contribution in [3.8, 4) is 0 Å². The number of piperidine rings is 1. The van der Waals surface area contributed by atoms with Crippen molar-refractivity contribution in [1.82, 2.24) is 9.62 Å². The van der Waals surface area contributed by atoms with Crippen molar-refractivity contribution in [2.24, 2.45) is 16.8 Å². The molecule has 0 bridgehead atoms. The number of hydrogen-bond donors (Lipinski definition) is 2. The summed E-state index contributed by atoms with van der Waals surface area (Å²) in [6.07, 6.45) is 6.35. The van der Waals surface area contributed by atoms with Crippen LogP contribution in [0.25, 0.3) is 0 Å². The highest BCUT2D eigenvalue weighted by Gasteiger charge is 2.37. The number of amidine groups is 1. The fourth-order valence-electron chi connectivity index (χ4n) is 4.84. The lowest BCUT2D eigenvalue weighted by molar-refractivity contribution is -0.146. The fourth-order valence-corrected chi connectivity index (χ4v) is 6.97. The molecule has 2 atom stereocenters. The molecule has 1 aromatic carbocycles. The molecular formula is C26H40N4O6S. The summed E-state index contributed by atoms with van der Waals surface area (Å²) < 4.78 is 33.3. The van der Waals surface area contributed by atoms with Crippen molar-refractivity contribution in [2.75, 3.05) is 12.3 Å². The van der Waals surface area contributed by atoms with Crippen LogP contribution in [0.15, 0.2) is 35.5 Å². The van der Waals surface area contributed by atoms with Crippen molar-refractivity contribution >= 4 is 27.9 Å². The van der Waals surface area contributed by atoms with Gasteiger partial charge in [0.15, 0.2) is 11.9 Å². The van der Waals surface area contributed by atoms with Crippen molar-refractivity contribution in [1.29, 1.82) is 0 Å². The van der Waals surface area contributed by atoms with Crippen LogP contribution in [-0.2, 0) is 24.4 Å². The molecule has 2 aliphatic rings. The number of nitrogens with zero attached hydrogens (tertiary/aromatic N) is 2. The van der Waals surface area contributed by atoms with Gasteiger partial charge < -0.3 is 20.6 Å². The number of carbonyl (C=O) groups excluding carboxylic acids is 2. The number of carbonyl (C=O) groups is 2. The lowest BCUT2D eigenvalue weighted by Crippen LogP contribution is -2.52. The Balaban J connectivity index is 1.72. The molecule has 11 heteroatoms. The van der Waals surface area contributed by atoms with Gasteiger partial charge in [-0.05, 0) is 57.9 Å². The molecule has 1 saturated heterocycles. The predicted molar refractivity (Wildman–Crippen MR) is 141 cm³/mol. The zero-order chi connectivity index (χ0) is 27.1. The van der Waals surface area contributed by atoms with Gasteiger partial charge in [-0.1, -0.05) is 61.2 Å². The van der Waals surface area contributed by atoms with Gasteiger partial charge in [-0.15, -0.1) is 0 Å². The molecule has 1 heterocycles. The van der Waals surface area contributed by atoms with Crippen molar-refractivity contribution in [3.63, 3.8) is 0 Å². The van der Waals surface area contributed by atoms with E-state index >= 15 is 0 Å². The topological polar surface area (TPSA) is 140 Å². The SMILES string of the molecule is CC(C)(C)OC(=O)NC(C(=O)ON=C(N)[C@@H]1CCCCN1S(=O)(=O)CC1CCCCC1)c1ccccc1. The van der Waals surface area contributed by atoms with Crippen LogP contribution < -0.4 is 11.1 Å². The van der Waals surface area contributed by atoms with Gasteiger partial charge in [0, 0.05) is 6.54 Å². The third-order valence-electron chi connectivity index (χ3n) is 6.59. The van der Waals surface area contributed by atoms with Crippen LogP contribution in [0.5, 0.6) is 0 Å². The Hall–Kier alpha value is -2.66. The van der Waals surface area contributed by atoms with Gasteiger partial charge >= 0.3 is 12.1 Å². The van der Waals surface area contributed by atoms with Gasteiger partial charge in [-0.2, -0.15) is 4.31 Å². The molecule has 0 aromatic heterocycles. The third-order valence-corrected chi connectivity index (χ3v) is 8.64. The Kier molecular flexibility index (Phi) is 9.94. The van der Waals surface area contributed by atoms with Crippen molar-refractivity contribution in [3.05, 3.63) is 35.9 Å². The first-order valence-electron chi connectivity index (χ1n) is 13.0. The molecule has 0 spiro atoms.